The van der Waals surface area contributed by atoms with Crippen LogP contribution in [0.15, 0.2) is 64.6 Å². The molecule has 2 bridgehead atoms. The van der Waals surface area contributed by atoms with Gasteiger partial charge in [-0.15, -0.1) is 0 Å². The van der Waals surface area contributed by atoms with Gasteiger partial charge in [0.1, 0.15) is 0 Å². The SMILES string of the molecule is Cc1ccc(S(=O)(=O)N/N=C(/c2ccccc2)C23CC(C2)C3)cc1. The quantitative estimate of drug-likeness (QED) is 0.669. The minimum absolute atomic E-state index is 0.0712. The van der Waals surface area contributed by atoms with Crippen LogP contribution in [-0.4, -0.2) is 14.1 Å². The highest BCUT2D eigenvalue weighted by Gasteiger charge is 2.59. The van der Waals surface area contributed by atoms with Crippen LogP contribution in [0.5, 0.6) is 0 Å². The fourth-order valence-corrected chi connectivity index (χ4v) is 4.54. The van der Waals surface area contributed by atoms with E-state index in [-0.39, 0.29) is 10.3 Å². The molecule has 3 fully saturated rings. The second-order valence-corrected chi connectivity index (χ2v) is 8.65. The van der Waals surface area contributed by atoms with Crippen molar-refractivity contribution in [2.75, 3.05) is 0 Å². The molecule has 0 unspecified atom stereocenters. The van der Waals surface area contributed by atoms with Crippen molar-refractivity contribution in [1.82, 2.24) is 4.83 Å². The number of nitrogens with one attached hydrogen (secondary N) is 1. The third-order valence-corrected chi connectivity index (χ3v) is 6.42. The fourth-order valence-electron chi connectivity index (χ4n) is 3.73. The van der Waals surface area contributed by atoms with Crippen LogP contribution in [-0.2, 0) is 10.0 Å². The summed E-state index contributed by atoms with van der Waals surface area (Å²) in [6, 6.07) is 16.7. The third kappa shape index (κ3) is 2.53. The monoisotopic (exact) mass is 340 g/mol. The summed E-state index contributed by atoms with van der Waals surface area (Å²) < 4.78 is 25.0. The average molecular weight is 340 g/mol. The van der Waals surface area contributed by atoms with E-state index in [1.165, 1.54) is 0 Å². The minimum Gasteiger partial charge on any atom is -0.200 e. The molecule has 0 saturated heterocycles. The van der Waals surface area contributed by atoms with Gasteiger partial charge in [0.25, 0.3) is 10.0 Å². The van der Waals surface area contributed by atoms with Gasteiger partial charge in [0.05, 0.1) is 10.6 Å². The summed E-state index contributed by atoms with van der Waals surface area (Å²) in [4.78, 5) is 2.69. The number of aryl methyl sites for hydroxylation is 1. The van der Waals surface area contributed by atoms with Crippen LogP contribution in [0.1, 0.15) is 30.4 Å². The first-order chi connectivity index (χ1) is 11.5. The number of nitrogens with zero attached hydrogens (tertiary/aromatic N) is 1. The smallest absolute Gasteiger partial charge is 0.200 e. The summed E-state index contributed by atoms with van der Waals surface area (Å²) in [5.74, 6) is 0.799. The predicted octanol–water partition coefficient (Wildman–Crippen LogP) is 3.48. The highest BCUT2D eigenvalue weighted by Crippen LogP contribution is 2.65. The fraction of sp³-hybridized carbons (Fsp3) is 0.316. The molecule has 3 aliphatic rings. The zero-order valence-corrected chi connectivity index (χ0v) is 14.4. The highest BCUT2D eigenvalue weighted by atomic mass is 32.2. The zero-order valence-electron chi connectivity index (χ0n) is 13.6. The van der Waals surface area contributed by atoms with Crippen molar-refractivity contribution in [3.63, 3.8) is 0 Å². The molecule has 0 amide bonds. The van der Waals surface area contributed by atoms with E-state index >= 15 is 0 Å². The Morgan fingerprint density at radius 3 is 2.21 bits per heavy atom. The topological polar surface area (TPSA) is 58.5 Å². The Kier molecular flexibility index (Phi) is 3.49. The molecular formula is C19H20N2O2S. The summed E-state index contributed by atoms with van der Waals surface area (Å²) in [5.41, 5.74) is 2.97. The van der Waals surface area contributed by atoms with Crippen molar-refractivity contribution in [2.24, 2.45) is 16.4 Å². The molecule has 1 N–H and O–H groups in total. The first kappa shape index (κ1) is 15.4. The van der Waals surface area contributed by atoms with E-state index in [0.29, 0.717) is 0 Å². The lowest BCUT2D eigenvalue weighted by molar-refractivity contribution is -0.0401. The standard InChI is InChI=1S/C19H20N2O2S/c1-14-7-9-17(10-8-14)24(22,23)21-20-18(16-5-3-2-4-6-16)19-11-15(12-19)13-19/h2-10,15,21H,11-13H2,1H3/b20-18-. The Morgan fingerprint density at radius 2 is 1.67 bits per heavy atom. The van der Waals surface area contributed by atoms with Crippen LogP contribution in [0, 0.1) is 18.3 Å². The first-order valence-corrected chi connectivity index (χ1v) is 9.69. The van der Waals surface area contributed by atoms with Crippen LogP contribution in [0.25, 0.3) is 0 Å². The summed E-state index contributed by atoms with van der Waals surface area (Å²) >= 11 is 0. The largest absolute Gasteiger partial charge is 0.276 e. The Hall–Kier alpha value is -2.14. The second kappa shape index (κ2) is 5.45. The van der Waals surface area contributed by atoms with Crippen LogP contribution in [0.2, 0.25) is 0 Å². The first-order valence-electron chi connectivity index (χ1n) is 8.21. The van der Waals surface area contributed by atoms with E-state index in [9.17, 15) is 8.42 Å². The predicted molar refractivity (Wildman–Crippen MR) is 94.3 cm³/mol. The Labute approximate surface area is 142 Å². The van der Waals surface area contributed by atoms with Gasteiger partial charge in [-0.3, -0.25) is 0 Å². The summed E-state index contributed by atoms with van der Waals surface area (Å²) in [6.45, 7) is 1.93. The van der Waals surface area contributed by atoms with Crippen LogP contribution in [0.3, 0.4) is 0 Å². The molecule has 2 aromatic rings. The molecule has 4 nitrogen and oxygen atoms in total. The zero-order chi connectivity index (χ0) is 16.8. The van der Waals surface area contributed by atoms with Crippen molar-refractivity contribution in [2.45, 2.75) is 31.1 Å². The maximum absolute atomic E-state index is 12.5. The molecule has 5 rings (SSSR count). The van der Waals surface area contributed by atoms with E-state index < -0.39 is 10.0 Å². The van der Waals surface area contributed by atoms with Gasteiger partial charge in [0.2, 0.25) is 0 Å². The lowest BCUT2D eigenvalue weighted by atomic mass is 9.42. The second-order valence-electron chi connectivity index (χ2n) is 6.99. The Balaban J connectivity index is 1.65. The Bertz CT molecular complexity index is 870. The molecule has 0 aromatic heterocycles. The molecular weight excluding hydrogens is 320 g/mol. The summed E-state index contributed by atoms with van der Waals surface area (Å²) in [6.07, 6.45) is 3.35. The van der Waals surface area contributed by atoms with Crippen LogP contribution in [0.4, 0.5) is 0 Å². The van der Waals surface area contributed by atoms with Crippen LogP contribution >= 0.6 is 0 Å². The van der Waals surface area contributed by atoms with Gasteiger partial charge < -0.3 is 0 Å². The maximum Gasteiger partial charge on any atom is 0.276 e. The highest BCUT2D eigenvalue weighted by molar-refractivity contribution is 7.89. The van der Waals surface area contributed by atoms with Crippen LogP contribution < -0.4 is 4.83 Å². The van der Waals surface area contributed by atoms with E-state index in [1.54, 1.807) is 24.3 Å². The van der Waals surface area contributed by atoms with E-state index in [4.69, 9.17) is 0 Å². The van der Waals surface area contributed by atoms with Crippen molar-refractivity contribution in [1.29, 1.82) is 0 Å². The summed E-state index contributed by atoms with van der Waals surface area (Å²) in [5, 5.41) is 4.37. The van der Waals surface area contributed by atoms with Crippen molar-refractivity contribution in [3.8, 4) is 0 Å². The van der Waals surface area contributed by atoms with Gasteiger partial charge in [0.15, 0.2) is 0 Å². The maximum atomic E-state index is 12.5. The molecule has 0 atom stereocenters. The van der Waals surface area contributed by atoms with Crippen molar-refractivity contribution in [3.05, 3.63) is 65.7 Å². The Morgan fingerprint density at radius 1 is 1.04 bits per heavy atom. The van der Waals surface area contributed by atoms with Gasteiger partial charge in [-0.1, -0.05) is 48.0 Å². The number of hydrogen-bond donors (Lipinski definition) is 1. The normalized spacial score (nSPS) is 25.5. The number of benzene rings is 2. The molecule has 3 saturated carbocycles. The number of sulfonamides is 1. The van der Waals surface area contributed by atoms with Gasteiger partial charge in [-0.05, 0) is 49.8 Å². The van der Waals surface area contributed by atoms with E-state index in [1.807, 2.05) is 37.3 Å². The lowest BCUT2D eigenvalue weighted by Crippen LogP contribution is -2.57. The average Bonchev–Trinajstić information content (AvgIpc) is 2.49. The van der Waals surface area contributed by atoms with Gasteiger partial charge in [-0.25, -0.2) is 0 Å². The van der Waals surface area contributed by atoms with Crippen molar-refractivity contribution >= 4 is 15.7 Å². The number of hydrogen-bond acceptors (Lipinski definition) is 3. The molecule has 0 heterocycles. The van der Waals surface area contributed by atoms with Crippen molar-refractivity contribution < 1.29 is 8.42 Å². The number of hydrazone groups is 1. The molecule has 2 aromatic carbocycles. The van der Waals surface area contributed by atoms with Gasteiger partial charge >= 0.3 is 0 Å². The molecule has 5 heteroatoms. The lowest BCUT2D eigenvalue weighted by Gasteiger charge is -2.62. The molecule has 0 aliphatic heterocycles. The van der Waals surface area contributed by atoms with E-state index in [2.05, 4.69) is 9.93 Å². The molecule has 24 heavy (non-hydrogen) atoms. The number of rotatable bonds is 5. The molecule has 3 aliphatic carbocycles. The summed E-state index contributed by atoms with van der Waals surface area (Å²) in [7, 11) is -3.64. The molecule has 124 valence electrons. The minimum atomic E-state index is -3.64. The third-order valence-electron chi connectivity index (χ3n) is 5.20. The molecule has 0 radical (unpaired) electrons. The molecule has 0 spiro atoms. The van der Waals surface area contributed by atoms with E-state index in [0.717, 1.165) is 42.0 Å². The van der Waals surface area contributed by atoms with Gasteiger partial charge in [0, 0.05) is 5.41 Å². The van der Waals surface area contributed by atoms with Gasteiger partial charge in [-0.2, -0.15) is 18.4 Å².